The summed E-state index contributed by atoms with van der Waals surface area (Å²) in [6.45, 7) is 3.53. The zero-order valence-corrected chi connectivity index (χ0v) is 11.5. The second-order valence-electron chi connectivity index (χ2n) is 5.49. The Morgan fingerprint density at radius 1 is 1.28 bits per heavy atom. The SMILES string of the molecule is CN(C)c1ccc(CN2CCCC(CO)C2)cc1. The second-order valence-corrected chi connectivity index (χ2v) is 5.49. The van der Waals surface area contributed by atoms with Gasteiger partial charge in [-0.15, -0.1) is 0 Å². The predicted octanol–water partition coefficient (Wildman–Crippen LogP) is 1.96. The molecule has 1 atom stereocenters. The third kappa shape index (κ3) is 3.47. The number of nitrogens with zero attached hydrogens (tertiary/aromatic N) is 2. The molecule has 1 unspecified atom stereocenters. The molecule has 0 saturated carbocycles. The number of rotatable bonds is 4. The smallest absolute Gasteiger partial charge is 0.0471 e. The van der Waals surface area contributed by atoms with Crippen molar-refractivity contribution in [2.24, 2.45) is 5.92 Å². The van der Waals surface area contributed by atoms with E-state index in [1.165, 1.54) is 24.1 Å². The molecule has 3 nitrogen and oxygen atoms in total. The molecule has 2 rings (SSSR count). The van der Waals surface area contributed by atoms with Crippen LogP contribution < -0.4 is 4.90 Å². The van der Waals surface area contributed by atoms with Gasteiger partial charge in [-0.05, 0) is 43.0 Å². The third-order valence-electron chi connectivity index (χ3n) is 3.72. The van der Waals surface area contributed by atoms with Crippen molar-refractivity contribution in [3.63, 3.8) is 0 Å². The maximum Gasteiger partial charge on any atom is 0.0471 e. The van der Waals surface area contributed by atoms with Gasteiger partial charge in [0.2, 0.25) is 0 Å². The number of piperidine rings is 1. The molecule has 1 aromatic rings. The van der Waals surface area contributed by atoms with Gasteiger partial charge >= 0.3 is 0 Å². The molecule has 0 spiro atoms. The summed E-state index contributed by atoms with van der Waals surface area (Å²) in [7, 11) is 4.12. The fourth-order valence-corrected chi connectivity index (χ4v) is 2.60. The lowest BCUT2D eigenvalue weighted by atomic mass is 9.98. The molecule has 1 aliphatic rings. The van der Waals surface area contributed by atoms with Crippen molar-refractivity contribution in [1.82, 2.24) is 4.90 Å². The highest BCUT2D eigenvalue weighted by Crippen LogP contribution is 2.19. The van der Waals surface area contributed by atoms with Crippen molar-refractivity contribution >= 4 is 5.69 Å². The van der Waals surface area contributed by atoms with Crippen LogP contribution in [0.4, 0.5) is 5.69 Å². The summed E-state index contributed by atoms with van der Waals surface area (Å²) in [5.74, 6) is 0.472. The fourth-order valence-electron chi connectivity index (χ4n) is 2.60. The number of benzene rings is 1. The molecule has 0 aliphatic carbocycles. The molecule has 18 heavy (non-hydrogen) atoms. The number of anilines is 1. The Labute approximate surface area is 110 Å². The number of hydrogen-bond acceptors (Lipinski definition) is 3. The van der Waals surface area contributed by atoms with Crippen molar-refractivity contribution in [2.75, 3.05) is 38.7 Å². The van der Waals surface area contributed by atoms with Crippen LogP contribution in [-0.4, -0.2) is 43.8 Å². The van der Waals surface area contributed by atoms with E-state index in [1.54, 1.807) is 0 Å². The minimum absolute atomic E-state index is 0.329. The van der Waals surface area contributed by atoms with Gasteiger partial charge in [0, 0.05) is 39.5 Å². The van der Waals surface area contributed by atoms with Crippen LogP contribution in [0.5, 0.6) is 0 Å². The van der Waals surface area contributed by atoms with Crippen LogP contribution in [0, 0.1) is 5.92 Å². The Bertz CT molecular complexity index is 361. The first-order valence-electron chi connectivity index (χ1n) is 6.78. The van der Waals surface area contributed by atoms with Gasteiger partial charge in [-0.2, -0.15) is 0 Å². The summed E-state index contributed by atoms with van der Waals surface area (Å²) < 4.78 is 0. The molecule has 0 aromatic heterocycles. The number of aliphatic hydroxyl groups is 1. The highest BCUT2D eigenvalue weighted by atomic mass is 16.3. The highest BCUT2D eigenvalue weighted by molar-refractivity contribution is 5.45. The topological polar surface area (TPSA) is 26.7 Å². The lowest BCUT2D eigenvalue weighted by molar-refractivity contribution is 0.116. The average molecular weight is 248 g/mol. The van der Waals surface area contributed by atoms with Crippen LogP contribution in [0.3, 0.4) is 0 Å². The number of likely N-dealkylation sites (tertiary alicyclic amines) is 1. The molecule has 1 N–H and O–H groups in total. The number of hydrogen-bond donors (Lipinski definition) is 1. The molecule has 1 fully saturated rings. The molecule has 0 amide bonds. The molecule has 1 aromatic carbocycles. The molecule has 3 heteroatoms. The maximum atomic E-state index is 9.24. The molecule has 1 heterocycles. The monoisotopic (exact) mass is 248 g/mol. The van der Waals surface area contributed by atoms with Crippen molar-refractivity contribution in [3.05, 3.63) is 29.8 Å². The standard InChI is InChI=1S/C15H24N2O/c1-16(2)15-7-5-13(6-8-15)10-17-9-3-4-14(11-17)12-18/h5-8,14,18H,3-4,9-12H2,1-2H3. The van der Waals surface area contributed by atoms with E-state index in [0.717, 1.165) is 19.6 Å². The van der Waals surface area contributed by atoms with E-state index >= 15 is 0 Å². The summed E-state index contributed by atoms with van der Waals surface area (Å²) >= 11 is 0. The molecule has 1 aliphatic heterocycles. The van der Waals surface area contributed by atoms with Gasteiger partial charge in [-0.25, -0.2) is 0 Å². The average Bonchev–Trinajstić information content (AvgIpc) is 2.39. The van der Waals surface area contributed by atoms with Crippen molar-refractivity contribution in [3.8, 4) is 0 Å². The Morgan fingerprint density at radius 2 is 2.00 bits per heavy atom. The van der Waals surface area contributed by atoms with E-state index in [9.17, 15) is 5.11 Å². The molecule has 1 saturated heterocycles. The Balaban J connectivity index is 1.92. The first-order valence-corrected chi connectivity index (χ1v) is 6.78. The van der Waals surface area contributed by atoms with Crippen molar-refractivity contribution in [2.45, 2.75) is 19.4 Å². The van der Waals surface area contributed by atoms with Crippen LogP contribution in [0.15, 0.2) is 24.3 Å². The van der Waals surface area contributed by atoms with Crippen molar-refractivity contribution in [1.29, 1.82) is 0 Å². The van der Waals surface area contributed by atoms with E-state index in [2.05, 4.69) is 48.2 Å². The van der Waals surface area contributed by atoms with Crippen LogP contribution in [0.25, 0.3) is 0 Å². The number of aliphatic hydroxyl groups excluding tert-OH is 1. The van der Waals surface area contributed by atoms with Gasteiger partial charge < -0.3 is 10.0 Å². The first-order chi connectivity index (χ1) is 8.69. The molecular formula is C15H24N2O. The van der Waals surface area contributed by atoms with E-state index in [0.29, 0.717) is 12.5 Å². The maximum absolute atomic E-state index is 9.24. The van der Waals surface area contributed by atoms with Crippen LogP contribution in [0.1, 0.15) is 18.4 Å². The van der Waals surface area contributed by atoms with E-state index in [4.69, 9.17) is 0 Å². The molecule has 0 radical (unpaired) electrons. The van der Waals surface area contributed by atoms with E-state index in [1.807, 2.05) is 0 Å². The van der Waals surface area contributed by atoms with Gasteiger partial charge in [-0.3, -0.25) is 4.90 Å². The Hall–Kier alpha value is -1.06. The van der Waals surface area contributed by atoms with E-state index in [-0.39, 0.29) is 0 Å². The first kappa shape index (κ1) is 13.4. The van der Waals surface area contributed by atoms with Gasteiger partial charge in [-0.1, -0.05) is 12.1 Å². The summed E-state index contributed by atoms with van der Waals surface area (Å²) in [6.07, 6.45) is 2.38. The minimum atomic E-state index is 0.329. The second kappa shape index (κ2) is 6.21. The summed E-state index contributed by atoms with van der Waals surface area (Å²) in [5, 5.41) is 9.24. The fraction of sp³-hybridized carbons (Fsp3) is 0.600. The zero-order valence-electron chi connectivity index (χ0n) is 11.5. The summed E-state index contributed by atoms with van der Waals surface area (Å²) in [5.41, 5.74) is 2.60. The van der Waals surface area contributed by atoms with Gasteiger partial charge in [0.1, 0.15) is 0 Å². The largest absolute Gasteiger partial charge is 0.396 e. The van der Waals surface area contributed by atoms with Gasteiger partial charge in [0.05, 0.1) is 0 Å². The minimum Gasteiger partial charge on any atom is -0.396 e. The normalized spacial score (nSPS) is 20.9. The molecule has 0 bridgehead atoms. The predicted molar refractivity (Wildman–Crippen MR) is 75.9 cm³/mol. The molecular weight excluding hydrogens is 224 g/mol. The zero-order chi connectivity index (χ0) is 13.0. The lowest BCUT2D eigenvalue weighted by Crippen LogP contribution is -2.36. The highest BCUT2D eigenvalue weighted by Gasteiger charge is 2.18. The van der Waals surface area contributed by atoms with Crippen LogP contribution in [-0.2, 0) is 6.54 Å². The third-order valence-corrected chi connectivity index (χ3v) is 3.72. The van der Waals surface area contributed by atoms with Gasteiger partial charge in [0.15, 0.2) is 0 Å². The lowest BCUT2D eigenvalue weighted by Gasteiger charge is -2.31. The molecule has 100 valence electrons. The quantitative estimate of drug-likeness (QED) is 0.882. The summed E-state index contributed by atoms with van der Waals surface area (Å²) in [4.78, 5) is 4.57. The van der Waals surface area contributed by atoms with Crippen LogP contribution >= 0.6 is 0 Å². The van der Waals surface area contributed by atoms with E-state index < -0.39 is 0 Å². The summed E-state index contributed by atoms with van der Waals surface area (Å²) in [6, 6.07) is 8.75. The Kier molecular flexibility index (Phi) is 4.61. The van der Waals surface area contributed by atoms with Gasteiger partial charge in [0.25, 0.3) is 0 Å². The van der Waals surface area contributed by atoms with Crippen molar-refractivity contribution < 1.29 is 5.11 Å². The Morgan fingerprint density at radius 3 is 2.61 bits per heavy atom. The van der Waals surface area contributed by atoms with Crippen LogP contribution in [0.2, 0.25) is 0 Å².